The molecule has 3 heteroatoms. The minimum atomic E-state index is -2.48. The Balaban J connectivity index is 2.39. The van der Waals surface area contributed by atoms with E-state index in [2.05, 4.69) is 0 Å². The molecule has 1 saturated heterocycles. The maximum absolute atomic E-state index is 13.3. The van der Waals surface area contributed by atoms with Gasteiger partial charge >= 0.3 is 0 Å². The summed E-state index contributed by atoms with van der Waals surface area (Å²) in [6, 6.07) is 0. The molecule has 10 heavy (non-hydrogen) atoms. The second-order valence-corrected chi connectivity index (χ2v) is 7.19. The van der Waals surface area contributed by atoms with E-state index < -0.39 is 8.41 Å². The van der Waals surface area contributed by atoms with Gasteiger partial charge in [-0.15, -0.1) is 0 Å². The van der Waals surface area contributed by atoms with Crippen molar-refractivity contribution in [3.63, 3.8) is 0 Å². The highest BCUT2D eigenvalue weighted by Gasteiger charge is 2.34. The lowest BCUT2D eigenvalue weighted by Crippen LogP contribution is -2.41. The summed E-state index contributed by atoms with van der Waals surface area (Å²) in [5.41, 5.74) is -0.0266. The zero-order valence-electron chi connectivity index (χ0n) is 6.69. The average Bonchev–Trinajstić information content (AvgIpc) is 1.88. The molecule has 60 valence electrons. The van der Waals surface area contributed by atoms with Gasteiger partial charge in [0.25, 0.3) is 8.41 Å². The van der Waals surface area contributed by atoms with Crippen LogP contribution in [-0.2, 0) is 4.74 Å². The Morgan fingerprint density at radius 2 is 2.10 bits per heavy atom. The first kappa shape index (κ1) is 8.21. The average molecular weight is 162 g/mol. The van der Waals surface area contributed by atoms with Gasteiger partial charge in [-0.05, 0) is 32.4 Å². The fourth-order valence-electron chi connectivity index (χ4n) is 1.28. The molecule has 1 atom stereocenters. The molecule has 0 aromatic rings. The van der Waals surface area contributed by atoms with Crippen LogP contribution < -0.4 is 0 Å². The normalized spacial score (nSPS) is 28.5. The molecule has 1 rings (SSSR count). The minimum absolute atomic E-state index is 0.0266. The third-order valence-corrected chi connectivity index (χ3v) is 3.93. The van der Waals surface area contributed by atoms with Crippen molar-refractivity contribution in [3.05, 3.63) is 0 Å². The summed E-state index contributed by atoms with van der Waals surface area (Å²) in [4.78, 5) is 0. The molecular formula is C7H15FOSi. The Hall–Kier alpha value is 0.107. The van der Waals surface area contributed by atoms with E-state index in [9.17, 15) is 4.11 Å². The van der Waals surface area contributed by atoms with E-state index >= 15 is 0 Å². The highest BCUT2D eigenvalue weighted by molar-refractivity contribution is 6.71. The van der Waals surface area contributed by atoms with Crippen molar-refractivity contribution < 1.29 is 8.84 Å². The number of ether oxygens (including phenoxy) is 1. The number of hydrogen-bond acceptors (Lipinski definition) is 1. The second kappa shape index (κ2) is 3.01. The quantitative estimate of drug-likeness (QED) is 0.424. The SMILES string of the molecule is C[Si](C)(F)C1CCCCO1. The third kappa shape index (κ3) is 2.06. The van der Waals surface area contributed by atoms with E-state index in [4.69, 9.17) is 4.74 Å². The molecule has 0 aromatic heterocycles. The van der Waals surface area contributed by atoms with Crippen molar-refractivity contribution in [2.24, 2.45) is 0 Å². The molecule has 1 aliphatic heterocycles. The molecular weight excluding hydrogens is 147 g/mol. The fraction of sp³-hybridized carbons (Fsp3) is 1.00. The van der Waals surface area contributed by atoms with Crippen molar-refractivity contribution in [3.8, 4) is 0 Å². The van der Waals surface area contributed by atoms with Crippen molar-refractivity contribution in [2.75, 3.05) is 6.61 Å². The molecule has 0 N–H and O–H groups in total. The number of halogens is 1. The van der Waals surface area contributed by atoms with Gasteiger partial charge in [0.15, 0.2) is 0 Å². The number of rotatable bonds is 1. The molecule has 0 amide bonds. The van der Waals surface area contributed by atoms with Crippen LogP contribution in [0.5, 0.6) is 0 Å². The first-order valence-corrected chi connectivity index (χ1v) is 6.87. The summed E-state index contributed by atoms with van der Waals surface area (Å²) in [6.07, 6.45) is 3.20. The topological polar surface area (TPSA) is 9.23 Å². The summed E-state index contributed by atoms with van der Waals surface area (Å²) >= 11 is 0. The first-order chi connectivity index (χ1) is 4.61. The zero-order chi connectivity index (χ0) is 7.61. The van der Waals surface area contributed by atoms with E-state index in [1.807, 2.05) is 0 Å². The van der Waals surface area contributed by atoms with Crippen LogP contribution in [0.25, 0.3) is 0 Å². The van der Waals surface area contributed by atoms with Gasteiger partial charge in [-0.2, -0.15) is 0 Å². The smallest absolute Gasteiger partial charge is 0.269 e. The largest absolute Gasteiger partial charge is 0.378 e. The van der Waals surface area contributed by atoms with E-state index in [1.165, 1.54) is 0 Å². The lowest BCUT2D eigenvalue weighted by atomic mass is 10.2. The highest BCUT2D eigenvalue weighted by Crippen LogP contribution is 2.22. The Morgan fingerprint density at radius 3 is 2.40 bits per heavy atom. The van der Waals surface area contributed by atoms with E-state index in [0.29, 0.717) is 0 Å². The van der Waals surface area contributed by atoms with Crippen molar-refractivity contribution in [1.29, 1.82) is 0 Å². The summed E-state index contributed by atoms with van der Waals surface area (Å²) < 4.78 is 18.6. The van der Waals surface area contributed by atoms with Crippen molar-refractivity contribution in [2.45, 2.75) is 38.1 Å². The second-order valence-electron chi connectivity index (χ2n) is 3.42. The van der Waals surface area contributed by atoms with Gasteiger partial charge in [-0.25, -0.2) is 0 Å². The fourth-order valence-corrected chi connectivity index (χ4v) is 2.69. The van der Waals surface area contributed by atoms with Gasteiger partial charge in [0, 0.05) is 6.61 Å². The predicted octanol–water partition coefficient (Wildman–Crippen LogP) is 2.27. The molecule has 0 aliphatic carbocycles. The van der Waals surface area contributed by atoms with Crippen LogP contribution in [0, 0.1) is 0 Å². The zero-order valence-corrected chi connectivity index (χ0v) is 7.69. The van der Waals surface area contributed by atoms with Crippen LogP contribution in [0.2, 0.25) is 13.1 Å². The summed E-state index contributed by atoms with van der Waals surface area (Å²) in [7, 11) is -2.48. The van der Waals surface area contributed by atoms with Crippen LogP contribution in [0.1, 0.15) is 19.3 Å². The van der Waals surface area contributed by atoms with E-state index in [0.717, 1.165) is 25.9 Å². The maximum atomic E-state index is 13.3. The molecule has 0 radical (unpaired) electrons. The van der Waals surface area contributed by atoms with E-state index in [-0.39, 0.29) is 5.73 Å². The minimum Gasteiger partial charge on any atom is -0.378 e. The van der Waals surface area contributed by atoms with Crippen molar-refractivity contribution in [1.82, 2.24) is 0 Å². The lowest BCUT2D eigenvalue weighted by molar-refractivity contribution is 0.0553. The molecule has 1 heterocycles. The monoisotopic (exact) mass is 162 g/mol. The molecule has 1 unspecified atom stereocenters. The predicted molar refractivity (Wildman–Crippen MR) is 42.2 cm³/mol. The molecule has 0 saturated carbocycles. The third-order valence-electron chi connectivity index (χ3n) is 1.95. The summed E-state index contributed by atoms with van der Waals surface area (Å²) in [5.74, 6) is 0. The van der Waals surface area contributed by atoms with Crippen LogP contribution >= 0.6 is 0 Å². The first-order valence-electron chi connectivity index (χ1n) is 3.91. The number of hydrogen-bond donors (Lipinski definition) is 0. The Bertz CT molecular complexity index is 105. The molecule has 1 nitrogen and oxygen atoms in total. The van der Waals surface area contributed by atoms with Gasteiger partial charge in [0.05, 0.1) is 5.73 Å². The lowest BCUT2D eigenvalue weighted by Gasteiger charge is -2.28. The molecule has 1 aliphatic rings. The van der Waals surface area contributed by atoms with Crippen molar-refractivity contribution >= 4 is 8.41 Å². The molecule has 0 spiro atoms. The van der Waals surface area contributed by atoms with Gasteiger partial charge < -0.3 is 8.84 Å². The Morgan fingerprint density at radius 1 is 1.40 bits per heavy atom. The van der Waals surface area contributed by atoms with Crippen LogP contribution in [0.3, 0.4) is 0 Å². The van der Waals surface area contributed by atoms with E-state index in [1.54, 1.807) is 13.1 Å². The Labute approximate surface area is 62.8 Å². The maximum Gasteiger partial charge on any atom is 0.269 e. The van der Waals surface area contributed by atoms with Gasteiger partial charge in [0.2, 0.25) is 0 Å². The summed E-state index contributed by atoms with van der Waals surface area (Å²) in [5, 5.41) is 0. The van der Waals surface area contributed by atoms with Gasteiger partial charge in [0.1, 0.15) is 0 Å². The summed E-state index contributed by atoms with van der Waals surface area (Å²) in [6.45, 7) is 4.22. The van der Waals surface area contributed by atoms with Crippen LogP contribution in [0.4, 0.5) is 4.11 Å². The Kier molecular flexibility index (Phi) is 2.47. The van der Waals surface area contributed by atoms with Crippen LogP contribution in [-0.4, -0.2) is 20.7 Å². The van der Waals surface area contributed by atoms with Gasteiger partial charge in [-0.3, -0.25) is 0 Å². The molecule has 0 aromatic carbocycles. The van der Waals surface area contributed by atoms with Crippen LogP contribution in [0.15, 0.2) is 0 Å². The standard InChI is InChI=1S/C7H15FOSi/c1-10(2,8)7-5-3-4-6-9-7/h7H,3-6H2,1-2H3. The molecule has 1 fully saturated rings. The highest BCUT2D eigenvalue weighted by atomic mass is 28.4. The van der Waals surface area contributed by atoms with Gasteiger partial charge in [-0.1, -0.05) is 0 Å². The molecule has 0 bridgehead atoms.